The molecule has 0 aliphatic carbocycles. The molecule has 5 rings (SSSR count). The molecule has 1 unspecified atom stereocenters. The van der Waals surface area contributed by atoms with Gasteiger partial charge in [-0.3, -0.25) is 0 Å². The number of ether oxygens (including phenoxy) is 1. The van der Waals surface area contributed by atoms with E-state index in [1.165, 1.54) is 6.07 Å². The molecule has 9 heteroatoms. The van der Waals surface area contributed by atoms with E-state index in [1.54, 1.807) is 23.8 Å². The molecular weight excluding hydrogens is 457 g/mol. The van der Waals surface area contributed by atoms with Crippen LogP contribution in [0.2, 0.25) is 0 Å². The quantitative estimate of drug-likeness (QED) is 0.415. The van der Waals surface area contributed by atoms with Crippen LogP contribution in [-0.4, -0.2) is 46.0 Å². The van der Waals surface area contributed by atoms with Gasteiger partial charge in [0.2, 0.25) is 0 Å². The Bertz CT molecular complexity index is 1370. The molecule has 0 spiro atoms. The average Bonchev–Trinajstić information content (AvgIpc) is 3.46. The van der Waals surface area contributed by atoms with E-state index < -0.39 is 11.7 Å². The Kier molecular flexibility index (Phi) is 5.88. The molecule has 6 nitrogen and oxygen atoms in total. The van der Waals surface area contributed by atoms with Crippen LogP contribution in [0.25, 0.3) is 28.0 Å². The summed E-state index contributed by atoms with van der Waals surface area (Å²) in [4.78, 5) is 6.94. The smallest absolute Gasteiger partial charge is 0.416 e. The van der Waals surface area contributed by atoms with Crippen LogP contribution in [0.4, 0.5) is 19.0 Å². The van der Waals surface area contributed by atoms with Crippen molar-refractivity contribution < 1.29 is 23.0 Å². The molecule has 1 aliphatic heterocycles. The molecule has 1 aliphatic rings. The Morgan fingerprint density at radius 1 is 1.09 bits per heavy atom. The van der Waals surface area contributed by atoms with Crippen LogP contribution in [0.5, 0.6) is 5.75 Å². The van der Waals surface area contributed by atoms with Crippen molar-refractivity contribution in [1.82, 2.24) is 14.6 Å². The monoisotopic (exact) mass is 482 g/mol. The fourth-order valence-electron chi connectivity index (χ4n) is 4.74. The molecule has 2 aromatic heterocycles. The van der Waals surface area contributed by atoms with Crippen molar-refractivity contribution in [2.75, 3.05) is 25.2 Å². The average molecular weight is 483 g/mol. The highest BCUT2D eigenvalue weighted by Gasteiger charge is 2.31. The van der Waals surface area contributed by atoms with Gasteiger partial charge in [-0.2, -0.15) is 18.3 Å². The predicted molar refractivity (Wildman–Crippen MR) is 128 cm³/mol. The fraction of sp³-hybridized carbons (Fsp3) is 0.308. The van der Waals surface area contributed by atoms with Crippen molar-refractivity contribution in [3.8, 4) is 28.1 Å². The van der Waals surface area contributed by atoms with E-state index in [0.29, 0.717) is 40.7 Å². The highest BCUT2D eigenvalue weighted by molar-refractivity contribution is 5.83. The van der Waals surface area contributed by atoms with Crippen molar-refractivity contribution in [3.05, 3.63) is 65.9 Å². The Balaban J connectivity index is 1.76. The van der Waals surface area contributed by atoms with Crippen molar-refractivity contribution in [3.63, 3.8) is 0 Å². The zero-order valence-electron chi connectivity index (χ0n) is 19.4. The van der Waals surface area contributed by atoms with Crippen molar-refractivity contribution in [1.29, 1.82) is 0 Å². The summed E-state index contributed by atoms with van der Waals surface area (Å²) in [7, 11) is 1.60. The van der Waals surface area contributed by atoms with E-state index in [-0.39, 0.29) is 12.6 Å². The van der Waals surface area contributed by atoms with Crippen molar-refractivity contribution >= 4 is 11.5 Å². The van der Waals surface area contributed by atoms with Gasteiger partial charge in [0, 0.05) is 23.7 Å². The summed E-state index contributed by atoms with van der Waals surface area (Å²) in [5.74, 6) is 1.32. The Morgan fingerprint density at radius 3 is 2.54 bits per heavy atom. The minimum absolute atomic E-state index is 0.0185. The molecule has 0 amide bonds. The molecule has 182 valence electrons. The third kappa shape index (κ3) is 4.20. The molecule has 35 heavy (non-hydrogen) atoms. The van der Waals surface area contributed by atoms with Crippen LogP contribution in [0.3, 0.4) is 0 Å². The molecule has 2 aromatic carbocycles. The van der Waals surface area contributed by atoms with Gasteiger partial charge in [0.15, 0.2) is 5.65 Å². The second-order valence-electron chi connectivity index (χ2n) is 8.67. The van der Waals surface area contributed by atoms with Crippen molar-refractivity contribution in [2.24, 2.45) is 0 Å². The number of fused-ring (bicyclic) bond motifs is 1. The number of hydrogen-bond acceptors (Lipinski definition) is 5. The number of anilines is 1. The van der Waals surface area contributed by atoms with E-state index >= 15 is 0 Å². The SMILES string of the molecule is COc1ccc(-c2c(C)nn3c(-c4cccc(C(F)(F)F)c4)cc(N4CCCC4CO)nc23)cc1. The first-order valence-electron chi connectivity index (χ1n) is 11.4. The number of alkyl halides is 3. The maximum atomic E-state index is 13.5. The normalized spacial score (nSPS) is 16.3. The van der Waals surface area contributed by atoms with E-state index in [0.717, 1.165) is 36.1 Å². The van der Waals surface area contributed by atoms with Gasteiger partial charge >= 0.3 is 6.18 Å². The molecule has 1 N–H and O–H groups in total. The number of aliphatic hydroxyl groups excluding tert-OH is 1. The van der Waals surface area contributed by atoms with Crippen LogP contribution < -0.4 is 9.64 Å². The van der Waals surface area contributed by atoms with E-state index in [1.807, 2.05) is 36.1 Å². The van der Waals surface area contributed by atoms with Crippen LogP contribution in [-0.2, 0) is 6.18 Å². The number of methoxy groups -OCH3 is 1. The molecule has 0 radical (unpaired) electrons. The van der Waals surface area contributed by atoms with Gasteiger partial charge in [0.1, 0.15) is 11.6 Å². The van der Waals surface area contributed by atoms with Gasteiger partial charge in [-0.1, -0.05) is 24.3 Å². The first-order chi connectivity index (χ1) is 16.8. The summed E-state index contributed by atoms with van der Waals surface area (Å²) in [5, 5.41) is 14.6. The van der Waals surface area contributed by atoms with E-state index in [4.69, 9.17) is 9.72 Å². The highest BCUT2D eigenvalue weighted by Crippen LogP contribution is 2.37. The number of benzene rings is 2. The summed E-state index contributed by atoms with van der Waals surface area (Å²) in [6.07, 6.45) is -2.73. The maximum absolute atomic E-state index is 13.5. The summed E-state index contributed by atoms with van der Waals surface area (Å²) < 4.78 is 47.4. The lowest BCUT2D eigenvalue weighted by molar-refractivity contribution is -0.137. The zero-order chi connectivity index (χ0) is 24.7. The molecule has 3 heterocycles. The second kappa shape index (κ2) is 8.88. The largest absolute Gasteiger partial charge is 0.497 e. The molecule has 1 fully saturated rings. The van der Waals surface area contributed by atoms with Gasteiger partial charge in [-0.15, -0.1) is 0 Å². The number of nitrogens with zero attached hydrogens (tertiary/aromatic N) is 4. The van der Waals surface area contributed by atoms with E-state index in [2.05, 4.69) is 5.10 Å². The fourth-order valence-corrected chi connectivity index (χ4v) is 4.74. The summed E-state index contributed by atoms with van der Waals surface area (Å²) in [6, 6.07) is 14.4. The third-order valence-electron chi connectivity index (χ3n) is 6.50. The molecule has 1 atom stereocenters. The highest BCUT2D eigenvalue weighted by atomic mass is 19.4. The number of aryl methyl sites for hydroxylation is 1. The lowest BCUT2D eigenvalue weighted by Gasteiger charge is -2.25. The lowest BCUT2D eigenvalue weighted by Crippen LogP contribution is -2.32. The zero-order valence-corrected chi connectivity index (χ0v) is 19.4. The van der Waals surface area contributed by atoms with Gasteiger partial charge in [-0.25, -0.2) is 9.50 Å². The van der Waals surface area contributed by atoms with Crippen LogP contribution >= 0.6 is 0 Å². The number of aliphatic hydroxyl groups is 1. The maximum Gasteiger partial charge on any atom is 0.416 e. The van der Waals surface area contributed by atoms with Gasteiger partial charge in [0.25, 0.3) is 0 Å². The predicted octanol–water partition coefficient (Wildman–Crippen LogP) is 5.36. The minimum Gasteiger partial charge on any atom is -0.497 e. The standard InChI is InChI=1S/C26H25F3N4O2/c1-16-24(17-8-10-21(35-2)11-9-17)25-30-23(32-12-4-7-20(32)15-34)14-22(33(25)31-16)18-5-3-6-19(13-18)26(27,28)29/h3,5-6,8-11,13-14,20,34H,4,7,12,15H2,1-2H3. The van der Waals surface area contributed by atoms with Gasteiger partial charge in [-0.05, 0) is 49.6 Å². The molecular formula is C26H25F3N4O2. The lowest BCUT2D eigenvalue weighted by atomic mass is 10.1. The van der Waals surface area contributed by atoms with Crippen LogP contribution in [0.1, 0.15) is 24.1 Å². The Morgan fingerprint density at radius 2 is 1.86 bits per heavy atom. The van der Waals surface area contributed by atoms with Crippen LogP contribution in [0, 0.1) is 6.92 Å². The molecule has 0 saturated carbocycles. The topological polar surface area (TPSA) is 62.9 Å². The number of rotatable bonds is 5. The third-order valence-corrected chi connectivity index (χ3v) is 6.50. The van der Waals surface area contributed by atoms with E-state index in [9.17, 15) is 18.3 Å². The number of aromatic nitrogens is 3. The summed E-state index contributed by atoms with van der Waals surface area (Å²) >= 11 is 0. The summed E-state index contributed by atoms with van der Waals surface area (Å²) in [6.45, 7) is 2.55. The Hall–Kier alpha value is -3.59. The van der Waals surface area contributed by atoms with Gasteiger partial charge < -0.3 is 14.7 Å². The van der Waals surface area contributed by atoms with Crippen LogP contribution in [0.15, 0.2) is 54.6 Å². The molecule has 4 aromatic rings. The number of hydrogen-bond donors (Lipinski definition) is 1. The number of halogens is 3. The first kappa shape index (κ1) is 23.2. The Labute approximate surface area is 200 Å². The molecule has 1 saturated heterocycles. The second-order valence-corrected chi connectivity index (χ2v) is 8.67. The molecule has 0 bridgehead atoms. The summed E-state index contributed by atoms with van der Waals surface area (Å²) in [5.41, 5.74) is 3.07. The minimum atomic E-state index is -4.46. The van der Waals surface area contributed by atoms with Gasteiger partial charge in [0.05, 0.1) is 36.7 Å². The first-order valence-corrected chi connectivity index (χ1v) is 11.4. The van der Waals surface area contributed by atoms with Crippen molar-refractivity contribution in [2.45, 2.75) is 32.0 Å².